The van der Waals surface area contributed by atoms with E-state index in [1.165, 1.54) is 11.1 Å². The van der Waals surface area contributed by atoms with E-state index in [0.29, 0.717) is 5.56 Å². The first kappa shape index (κ1) is 13.2. The van der Waals surface area contributed by atoms with Gasteiger partial charge in [-0.2, -0.15) is 13.2 Å². The van der Waals surface area contributed by atoms with Gasteiger partial charge >= 0.3 is 6.18 Å². The highest BCUT2D eigenvalue weighted by Gasteiger charge is 2.31. The lowest BCUT2D eigenvalue weighted by molar-refractivity contribution is -0.138. The highest BCUT2D eigenvalue weighted by Crippen LogP contribution is 2.38. The molecule has 1 aliphatic carbocycles. The molecule has 0 spiro atoms. The van der Waals surface area contributed by atoms with Crippen molar-refractivity contribution in [2.24, 2.45) is 5.73 Å². The van der Waals surface area contributed by atoms with E-state index in [4.69, 9.17) is 5.73 Å². The van der Waals surface area contributed by atoms with Crippen LogP contribution in [0.25, 0.3) is 11.1 Å². The normalized spacial score (nSPS) is 14.8. The number of rotatable bonds is 2. The molecular weight excluding hydrogens is 263 g/mol. The molecule has 0 aliphatic heterocycles. The fourth-order valence-corrected chi connectivity index (χ4v) is 2.76. The first-order chi connectivity index (χ1) is 9.44. The Bertz CT molecular complexity index is 646. The summed E-state index contributed by atoms with van der Waals surface area (Å²) in [6.45, 7) is 0. The van der Waals surface area contributed by atoms with Gasteiger partial charge in [0, 0.05) is 6.04 Å². The second-order valence-electron chi connectivity index (χ2n) is 5.18. The van der Waals surface area contributed by atoms with E-state index in [1.54, 1.807) is 6.07 Å². The summed E-state index contributed by atoms with van der Waals surface area (Å²) in [5, 5.41) is 0. The van der Waals surface area contributed by atoms with Gasteiger partial charge in [-0.25, -0.2) is 0 Å². The van der Waals surface area contributed by atoms with Crippen LogP contribution < -0.4 is 5.73 Å². The molecule has 4 heteroatoms. The number of benzene rings is 2. The van der Waals surface area contributed by atoms with Crippen LogP contribution in [0.4, 0.5) is 13.2 Å². The molecule has 1 nitrogen and oxygen atoms in total. The summed E-state index contributed by atoms with van der Waals surface area (Å²) in [6.07, 6.45) is -4.46. The van der Waals surface area contributed by atoms with E-state index in [9.17, 15) is 13.2 Å². The molecule has 0 saturated heterocycles. The van der Waals surface area contributed by atoms with Crippen molar-refractivity contribution in [3.05, 3.63) is 59.2 Å². The minimum absolute atomic E-state index is 0.550. The van der Waals surface area contributed by atoms with E-state index in [2.05, 4.69) is 0 Å². The molecule has 2 aromatic rings. The van der Waals surface area contributed by atoms with E-state index >= 15 is 0 Å². The third-order valence-electron chi connectivity index (χ3n) is 3.70. The number of halogens is 3. The Morgan fingerprint density at radius 2 is 1.70 bits per heavy atom. The van der Waals surface area contributed by atoms with Crippen LogP contribution in [0.3, 0.4) is 0 Å². The number of alkyl halides is 3. The van der Waals surface area contributed by atoms with Gasteiger partial charge in [0.25, 0.3) is 0 Å². The zero-order valence-electron chi connectivity index (χ0n) is 10.7. The van der Waals surface area contributed by atoms with E-state index in [-0.39, 0.29) is 0 Å². The van der Waals surface area contributed by atoms with Gasteiger partial charge in [-0.1, -0.05) is 42.5 Å². The zero-order chi connectivity index (χ0) is 14.3. The summed E-state index contributed by atoms with van der Waals surface area (Å²) < 4.78 is 37.2. The van der Waals surface area contributed by atoms with Crippen LogP contribution in [0.15, 0.2) is 42.5 Å². The van der Waals surface area contributed by atoms with Gasteiger partial charge < -0.3 is 5.73 Å². The predicted molar refractivity (Wildman–Crippen MR) is 72.3 cm³/mol. The van der Waals surface area contributed by atoms with E-state index < -0.39 is 18.6 Å². The molecule has 0 heterocycles. The van der Waals surface area contributed by atoms with Crippen molar-refractivity contribution >= 4 is 0 Å². The van der Waals surface area contributed by atoms with Crippen molar-refractivity contribution in [3.63, 3.8) is 0 Å². The van der Waals surface area contributed by atoms with Gasteiger partial charge in [0.2, 0.25) is 0 Å². The van der Waals surface area contributed by atoms with Crippen LogP contribution in [0.2, 0.25) is 0 Å². The molecule has 1 aliphatic rings. The van der Waals surface area contributed by atoms with Gasteiger partial charge in [0.05, 0.1) is 6.42 Å². The first-order valence-electron chi connectivity index (χ1n) is 6.47. The molecule has 0 amide bonds. The van der Waals surface area contributed by atoms with E-state index in [1.807, 2.05) is 36.4 Å². The van der Waals surface area contributed by atoms with E-state index in [0.717, 1.165) is 17.5 Å². The molecule has 0 saturated carbocycles. The fourth-order valence-electron chi connectivity index (χ4n) is 2.76. The largest absolute Gasteiger partial charge is 0.390 e. The van der Waals surface area contributed by atoms with Crippen LogP contribution in [0, 0.1) is 0 Å². The Labute approximate surface area is 115 Å². The average Bonchev–Trinajstić information content (AvgIpc) is 2.74. The molecule has 2 N–H and O–H groups in total. The lowest BCUT2D eigenvalue weighted by Crippen LogP contribution is -2.20. The Morgan fingerprint density at radius 3 is 2.45 bits per heavy atom. The average molecular weight is 277 g/mol. The Balaban J connectivity index is 1.91. The minimum Gasteiger partial charge on any atom is -0.324 e. The van der Waals surface area contributed by atoms with Crippen molar-refractivity contribution in [2.75, 3.05) is 0 Å². The monoisotopic (exact) mass is 277 g/mol. The molecule has 3 rings (SSSR count). The quantitative estimate of drug-likeness (QED) is 0.746. The van der Waals surface area contributed by atoms with Gasteiger partial charge in [-0.15, -0.1) is 0 Å². The summed E-state index contributed by atoms with van der Waals surface area (Å²) in [5.41, 5.74) is 10.7. The summed E-state index contributed by atoms with van der Waals surface area (Å²) in [7, 11) is 0. The third-order valence-corrected chi connectivity index (χ3v) is 3.70. The summed E-state index contributed by atoms with van der Waals surface area (Å²) in [5.74, 6) is 0. The van der Waals surface area contributed by atoms with Crippen LogP contribution >= 0.6 is 0 Å². The smallest absolute Gasteiger partial charge is 0.324 e. The first-order valence-corrected chi connectivity index (χ1v) is 6.47. The number of nitrogens with two attached hydrogens (primary N) is 1. The standard InChI is InChI=1S/C16H14F3N/c17-16(18,19)9-15(20)11-5-6-14-12(8-11)7-10-3-1-2-4-13(10)14/h1-6,8,15H,7,9,20H2/t15-/m1/s1. The van der Waals surface area contributed by atoms with Crippen LogP contribution in [-0.2, 0) is 6.42 Å². The molecule has 2 aromatic carbocycles. The fraction of sp³-hybridized carbons (Fsp3) is 0.250. The maximum atomic E-state index is 12.4. The number of hydrogen-bond donors (Lipinski definition) is 1. The number of hydrogen-bond acceptors (Lipinski definition) is 1. The van der Waals surface area contributed by atoms with Crippen LogP contribution in [-0.4, -0.2) is 6.18 Å². The predicted octanol–water partition coefficient (Wildman–Crippen LogP) is 4.21. The lowest BCUT2D eigenvalue weighted by Gasteiger charge is -2.15. The van der Waals surface area contributed by atoms with Gasteiger partial charge in [0.1, 0.15) is 0 Å². The van der Waals surface area contributed by atoms with Gasteiger partial charge in [-0.05, 0) is 34.2 Å². The lowest BCUT2D eigenvalue weighted by atomic mass is 9.98. The van der Waals surface area contributed by atoms with Crippen molar-refractivity contribution in [2.45, 2.75) is 25.1 Å². The molecule has 0 fully saturated rings. The van der Waals surface area contributed by atoms with Gasteiger partial charge in [-0.3, -0.25) is 0 Å². The zero-order valence-corrected chi connectivity index (χ0v) is 10.7. The molecule has 0 unspecified atom stereocenters. The second kappa shape index (κ2) is 4.63. The van der Waals surface area contributed by atoms with Crippen molar-refractivity contribution < 1.29 is 13.2 Å². The summed E-state index contributed by atoms with van der Waals surface area (Å²) in [6, 6.07) is 12.4. The maximum Gasteiger partial charge on any atom is 0.390 e. The molecule has 0 bridgehead atoms. The number of fused-ring (bicyclic) bond motifs is 3. The van der Waals surface area contributed by atoms with Crippen LogP contribution in [0.5, 0.6) is 0 Å². The van der Waals surface area contributed by atoms with Crippen molar-refractivity contribution in [3.8, 4) is 11.1 Å². The molecule has 20 heavy (non-hydrogen) atoms. The Hall–Kier alpha value is -1.81. The van der Waals surface area contributed by atoms with Crippen molar-refractivity contribution in [1.82, 2.24) is 0 Å². The maximum absolute atomic E-state index is 12.4. The summed E-state index contributed by atoms with van der Waals surface area (Å²) >= 11 is 0. The topological polar surface area (TPSA) is 26.0 Å². The summed E-state index contributed by atoms with van der Waals surface area (Å²) in [4.78, 5) is 0. The minimum atomic E-state index is -4.23. The molecule has 1 atom stereocenters. The second-order valence-corrected chi connectivity index (χ2v) is 5.18. The van der Waals surface area contributed by atoms with Crippen LogP contribution in [0.1, 0.15) is 29.2 Å². The molecule has 0 aromatic heterocycles. The van der Waals surface area contributed by atoms with Gasteiger partial charge in [0.15, 0.2) is 0 Å². The molecule has 0 radical (unpaired) electrons. The molecule has 104 valence electrons. The highest BCUT2D eigenvalue weighted by molar-refractivity contribution is 5.76. The molecular formula is C16H14F3N. The highest BCUT2D eigenvalue weighted by atomic mass is 19.4. The third kappa shape index (κ3) is 2.43. The Kier molecular flexibility index (Phi) is 3.05. The SMILES string of the molecule is N[C@H](CC(F)(F)F)c1ccc2c(c1)Cc1ccccc1-2. The Morgan fingerprint density at radius 1 is 1.00 bits per heavy atom. The van der Waals surface area contributed by atoms with Crippen molar-refractivity contribution in [1.29, 1.82) is 0 Å².